The van der Waals surface area contributed by atoms with Crippen LogP contribution < -0.4 is 5.32 Å². The lowest BCUT2D eigenvalue weighted by Crippen LogP contribution is -2.22. The quantitative estimate of drug-likeness (QED) is 0.274. The van der Waals surface area contributed by atoms with Crippen LogP contribution in [0.3, 0.4) is 0 Å². The Morgan fingerprint density at radius 2 is 1.94 bits per heavy atom. The first-order valence-corrected chi connectivity index (χ1v) is 7.01. The highest BCUT2D eigenvalue weighted by Crippen LogP contribution is 2.05. The standard InChI is InChI=1S/C14H24ClNO/c1-2-3-4-5-6-7-8-9-10-11-14(17)16-13-12-15/h8-11H,2-7,12-13H2,1H3,(H,16,17)/b9-8+,11-10+. The first kappa shape index (κ1) is 16.2. The molecule has 3 heteroatoms. The van der Waals surface area contributed by atoms with Crippen molar-refractivity contribution in [3.8, 4) is 0 Å². The van der Waals surface area contributed by atoms with Crippen molar-refractivity contribution in [1.82, 2.24) is 5.32 Å². The monoisotopic (exact) mass is 257 g/mol. The zero-order valence-electron chi connectivity index (χ0n) is 10.8. The molecule has 0 radical (unpaired) electrons. The fourth-order valence-corrected chi connectivity index (χ4v) is 1.51. The van der Waals surface area contributed by atoms with Gasteiger partial charge in [-0.05, 0) is 12.8 Å². The summed E-state index contributed by atoms with van der Waals surface area (Å²) < 4.78 is 0. The molecule has 0 aromatic carbocycles. The van der Waals surface area contributed by atoms with Gasteiger partial charge in [0.1, 0.15) is 0 Å². The second-order valence-corrected chi connectivity index (χ2v) is 4.35. The van der Waals surface area contributed by atoms with Gasteiger partial charge in [-0.1, -0.05) is 50.8 Å². The molecule has 0 fully saturated rings. The predicted molar refractivity (Wildman–Crippen MR) is 75.4 cm³/mol. The van der Waals surface area contributed by atoms with Crippen LogP contribution in [-0.4, -0.2) is 18.3 Å². The Balaban J connectivity index is 3.39. The fraction of sp³-hybridized carbons (Fsp3) is 0.643. The molecule has 0 spiro atoms. The fourth-order valence-electron chi connectivity index (χ4n) is 1.41. The number of amides is 1. The Hall–Kier alpha value is -0.760. The Labute approximate surface area is 110 Å². The number of alkyl halides is 1. The van der Waals surface area contributed by atoms with Crippen LogP contribution >= 0.6 is 11.6 Å². The maximum Gasteiger partial charge on any atom is 0.244 e. The van der Waals surface area contributed by atoms with E-state index in [9.17, 15) is 4.79 Å². The predicted octanol–water partition coefficient (Wildman–Crippen LogP) is 3.81. The van der Waals surface area contributed by atoms with Crippen molar-refractivity contribution in [3.63, 3.8) is 0 Å². The minimum absolute atomic E-state index is 0.0850. The highest BCUT2D eigenvalue weighted by molar-refractivity contribution is 6.18. The van der Waals surface area contributed by atoms with Crippen molar-refractivity contribution in [2.45, 2.75) is 45.4 Å². The number of allylic oxidation sites excluding steroid dienone is 3. The van der Waals surface area contributed by atoms with Gasteiger partial charge in [0.15, 0.2) is 0 Å². The lowest BCUT2D eigenvalue weighted by Gasteiger charge is -1.96. The molecule has 0 atom stereocenters. The van der Waals surface area contributed by atoms with Gasteiger partial charge in [-0.2, -0.15) is 0 Å². The van der Waals surface area contributed by atoms with Gasteiger partial charge in [0.25, 0.3) is 0 Å². The summed E-state index contributed by atoms with van der Waals surface area (Å²) in [5, 5.41) is 2.67. The van der Waals surface area contributed by atoms with E-state index in [1.165, 1.54) is 38.2 Å². The van der Waals surface area contributed by atoms with Crippen molar-refractivity contribution < 1.29 is 4.79 Å². The first-order chi connectivity index (χ1) is 8.31. The molecule has 0 bridgehead atoms. The van der Waals surface area contributed by atoms with Gasteiger partial charge >= 0.3 is 0 Å². The Kier molecular flexibility index (Phi) is 12.7. The number of hydrogen-bond acceptors (Lipinski definition) is 1. The number of carbonyl (C=O) groups excluding carboxylic acids is 1. The van der Waals surface area contributed by atoms with E-state index in [-0.39, 0.29) is 5.91 Å². The number of carbonyl (C=O) groups is 1. The molecule has 0 aliphatic rings. The number of halogens is 1. The minimum atomic E-state index is -0.0850. The van der Waals surface area contributed by atoms with Crippen molar-refractivity contribution in [3.05, 3.63) is 24.3 Å². The lowest BCUT2D eigenvalue weighted by atomic mass is 10.1. The molecule has 0 aromatic heterocycles. The van der Waals surface area contributed by atoms with Crippen LogP contribution in [0.4, 0.5) is 0 Å². The van der Waals surface area contributed by atoms with E-state index in [1.54, 1.807) is 6.08 Å². The minimum Gasteiger partial charge on any atom is -0.351 e. The number of rotatable bonds is 10. The SMILES string of the molecule is CCCCCCC/C=C/C=C/C(=O)NCCCl. The van der Waals surface area contributed by atoms with Crippen molar-refractivity contribution in [2.75, 3.05) is 12.4 Å². The van der Waals surface area contributed by atoms with Gasteiger partial charge in [0.05, 0.1) is 0 Å². The van der Waals surface area contributed by atoms with Crippen LogP contribution in [0.15, 0.2) is 24.3 Å². The van der Waals surface area contributed by atoms with Gasteiger partial charge in [0.2, 0.25) is 5.91 Å². The summed E-state index contributed by atoms with van der Waals surface area (Å²) in [6.45, 7) is 2.74. The smallest absolute Gasteiger partial charge is 0.244 e. The Bertz CT molecular complexity index is 236. The summed E-state index contributed by atoms with van der Waals surface area (Å²) in [7, 11) is 0. The Morgan fingerprint density at radius 3 is 2.65 bits per heavy atom. The molecule has 0 saturated carbocycles. The summed E-state index contributed by atoms with van der Waals surface area (Å²) in [5.74, 6) is 0.367. The largest absolute Gasteiger partial charge is 0.351 e. The molecular weight excluding hydrogens is 234 g/mol. The van der Waals surface area contributed by atoms with Gasteiger partial charge in [0, 0.05) is 18.5 Å². The summed E-state index contributed by atoms with van der Waals surface area (Å²) >= 11 is 5.45. The zero-order chi connectivity index (χ0) is 12.8. The van der Waals surface area contributed by atoms with E-state index in [0.717, 1.165) is 6.42 Å². The first-order valence-electron chi connectivity index (χ1n) is 6.48. The maximum atomic E-state index is 11.1. The second kappa shape index (κ2) is 13.3. The molecule has 0 unspecified atom stereocenters. The molecule has 98 valence electrons. The van der Waals surface area contributed by atoms with Crippen LogP contribution in [0.2, 0.25) is 0 Å². The highest BCUT2D eigenvalue weighted by Gasteiger charge is 1.90. The normalized spacial score (nSPS) is 11.4. The van der Waals surface area contributed by atoms with Crippen molar-refractivity contribution >= 4 is 17.5 Å². The third-order valence-corrected chi connectivity index (χ3v) is 2.55. The number of hydrogen-bond donors (Lipinski definition) is 1. The van der Waals surface area contributed by atoms with Gasteiger partial charge in [-0.15, -0.1) is 11.6 Å². The number of nitrogens with one attached hydrogen (secondary N) is 1. The average molecular weight is 258 g/mol. The van der Waals surface area contributed by atoms with E-state index in [1.807, 2.05) is 6.08 Å². The van der Waals surface area contributed by atoms with Crippen LogP contribution in [-0.2, 0) is 4.79 Å². The number of unbranched alkanes of at least 4 members (excludes halogenated alkanes) is 5. The average Bonchev–Trinajstić information content (AvgIpc) is 2.34. The molecule has 0 aliphatic heterocycles. The molecule has 0 rings (SSSR count). The van der Waals surface area contributed by atoms with Crippen LogP contribution in [0.1, 0.15) is 45.4 Å². The Morgan fingerprint density at radius 1 is 1.18 bits per heavy atom. The molecule has 1 amide bonds. The lowest BCUT2D eigenvalue weighted by molar-refractivity contribution is -0.116. The molecule has 0 saturated heterocycles. The van der Waals surface area contributed by atoms with E-state index in [2.05, 4.69) is 18.3 Å². The molecule has 0 aromatic rings. The highest BCUT2D eigenvalue weighted by atomic mass is 35.5. The molecule has 0 heterocycles. The summed E-state index contributed by atoms with van der Waals surface area (Å²) in [4.78, 5) is 11.1. The van der Waals surface area contributed by atoms with Crippen molar-refractivity contribution in [1.29, 1.82) is 0 Å². The summed E-state index contributed by atoms with van der Waals surface area (Å²) in [5.41, 5.74) is 0. The van der Waals surface area contributed by atoms with Gasteiger partial charge < -0.3 is 5.32 Å². The molecule has 17 heavy (non-hydrogen) atoms. The van der Waals surface area contributed by atoms with Crippen LogP contribution in [0.5, 0.6) is 0 Å². The summed E-state index contributed by atoms with van der Waals surface area (Å²) in [6.07, 6.45) is 14.9. The third-order valence-electron chi connectivity index (χ3n) is 2.36. The molecule has 0 aliphatic carbocycles. The third kappa shape index (κ3) is 13.2. The van der Waals surface area contributed by atoms with Crippen LogP contribution in [0, 0.1) is 0 Å². The van der Waals surface area contributed by atoms with E-state index in [4.69, 9.17) is 11.6 Å². The van der Waals surface area contributed by atoms with E-state index in [0.29, 0.717) is 12.4 Å². The molecular formula is C14H24ClNO. The molecule has 2 nitrogen and oxygen atoms in total. The van der Waals surface area contributed by atoms with E-state index >= 15 is 0 Å². The van der Waals surface area contributed by atoms with Crippen molar-refractivity contribution in [2.24, 2.45) is 0 Å². The van der Waals surface area contributed by atoms with Gasteiger partial charge in [-0.25, -0.2) is 0 Å². The topological polar surface area (TPSA) is 29.1 Å². The maximum absolute atomic E-state index is 11.1. The van der Waals surface area contributed by atoms with E-state index < -0.39 is 0 Å². The zero-order valence-corrected chi connectivity index (χ0v) is 11.5. The second-order valence-electron chi connectivity index (χ2n) is 3.97. The summed E-state index contributed by atoms with van der Waals surface area (Å²) in [6, 6.07) is 0. The molecule has 1 N–H and O–H groups in total. The van der Waals surface area contributed by atoms with Crippen LogP contribution in [0.25, 0.3) is 0 Å². The van der Waals surface area contributed by atoms with Gasteiger partial charge in [-0.3, -0.25) is 4.79 Å².